The van der Waals surface area contributed by atoms with Crippen LogP contribution in [0.25, 0.3) is 0 Å². The molecule has 2 aliphatic heterocycles. The number of rotatable bonds is 6. The standard InChI is InChI=1S/C22H28N2O3S/c25-13-17-6-3-9-24(17)22(27)21-20(19(28)12-23-21)18(26)8-7-14-10-15-4-1-2-5-16(15)11-14/h1-2,4-5,14,17,20-21,23,25H,3,6-13H2/t17-,20?,21-/m0/s1. The van der Waals surface area contributed by atoms with E-state index in [1.165, 1.54) is 11.1 Å². The molecular weight excluding hydrogens is 372 g/mol. The SMILES string of the molecule is O=C(CCC1Cc2ccccc2C1)C1C(=S)CN[C@@H]1C(=O)N1CCC[C@H]1CO. The number of ketones is 1. The minimum Gasteiger partial charge on any atom is -0.394 e. The highest BCUT2D eigenvalue weighted by atomic mass is 32.1. The molecule has 1 unspecified atom stereocenters. The summed E-state index contributed by atoms with van der Waals surface area (Å²) in [5.74, 6) is -0.00548. The number of carbonyl (C=O) groups excluding carboxylic acids is 2. The number of likely N-dealkylation sites (tertiary alicyclic amines) is 1. The highest BCUT2D eigenvalue weighted by Gasteiger charge is 2.44. The van der Waals surface area contributed by atoms with Gasteiger partial charge in [0.1, 0.15) is 11.8 Å². The van der Waals surface area contributed by atoms with Crippen molar-refractivity contribution in [2.75, 3.05) is 19.7 Å². The molecule has 1 aromatic carbocycles. The molecule has 2 N–H and O–H groups in total. The lowest BCUT2D eigenvalue weighted by Gasteiger charge is -2.28. The zero-order valence-electron chi connectivity index (χ0n) is 16.1. The minimum atomic E-state index is -0.562. The van der Waals surface area contributed by atoms with Crippen molar-refractivity contribution in [3.8, 4) is 0 Å². The zero-order valence-corrected chi connectivity index (χ0v) is 16.9. The van der Waals surface area contributed by atoms with Crippen LogP contribution in [-0.2, 0) is 22.4 Å². The molecule has 0 spiro atoms. The van der Waals surface area contributed by atoms with Crippen LogP contribution in [-0.4, -0.2) is 58.3 Å². The fourth-order valence-electron chi connectivity index (χ4n) is 5.07. The van der Waals surface area contributed by atoms with Crippen molar-refractivity contribution >= 4 is 28.8 Å². The first-order chi connectivity index (χ1) is 13.6. The largest absolute Gasteiger partial charge is 0.394 e. The summed E-state index contributed by atoms with van der Waals surface area (Å²) in [7, 11) is 0. The average molecular weight is 401 g/mol. The Hall–Kier alpha value is -1.63. The summed E-state index contributed by atoms with van der Waals surface area (Å²) in [6.45, 7) is 1.06. The molecule has 1 aromatic rings. The zero-order chi connectivity index (χ0) is 19.7. The van der Waals surface area contributed by atoms with E-state index in [1.54, 1.807) is 4.90 Å². The Labute approximate surface area is 171 Å². The van der Waals surface area contributed by atoms with Crippen LogP contribution in [0.5, 0.6) is 0 Å². The van der Waals surface area contributed by atoms with Crippen molar-refractivity contribution in [3.05, 3.63) is 35.4 Å². The Kier molecular flexibility index (Phi) is 5.90. The first-order valence-corrected chi connectivity index (χ1v) is 10.8. The third kappa shape index (κ3) is 3.78. The number of thiocarbonyl (C=S) groups is 1. The molecule has 5 nitrogen and oxygen atoms in total. The van der Waals surface area contributed by atoms with Gasteiger partial charge in [-0.3, -0.25) is 9.59 Å². The lowest BCUT2D eigenvalue weighted by Crippen LogP contribution is -2.50. The second kappa shape index (κ2) is 8.39. The summed E-state index contributed by atoms with van der Waals surface area (Å²) in [5, 5.41) is 12.7. The monoisotopic (exact) mass is 400 g/mol. The second-order valence-corrected chi connectivity index (χ2v) is 8.89. The van der Waals surface area contributed by atoms with Gasteiger partial charge in [-0.2, -0.15) is 0 Å². The Morgan fingerprint density at radius 3 is 2.61 bits per heavy atom. The van der Waals surface area contributed by atoms with Gasteiger partial charge in [-0.1, -0.05) is 36.5 Å². The van der Waals surface area contributed by atoms with E-state index in [0.29, 0.717) is 30.3 Å². The Bertz CT molecular complexity index is 756. The van der Waals surface area contributed by atoms with Crippen LogP contribution in [0.15, 0.2) is 24.3 Å². The maximum Gasteiger partial charge on any atom is 0.241 e. The van der Waals surface area contributed by atoms with Gasteiger partial charge in [0, 0.05) is 24.4 Å². The van der Waals surface area contributed by atoms with Crippen LogP contribution in [0, 0.1) is 11.8 Å². The van der Waals surface area contributed by atoms with Crippen LogP contribution < -0.4 is 5.32 Å². The van der Waals surface area contributed by atoms with Gasteiger partial charge in [0.25, 0.3) is 0 Å². The van der Waals surface area contributed by atoms with Crippen LogP contribution >= 0.6 is 12.2 Å². The fraction of sp³-hybridized carbons (Fsp3) is 0.591. The van der Waals surface area contributed by atoms with Gasteiger partial charge in [-0.25, -0.2) is 0 Å². The molecule has 3 atom stereocenters. The highest BCUT2D eigenvalue weighted by Crippen LogP contribution is 2.31. The molecular formula is C22H28N2O3S. The normalized spacial score (nSPS) is 27.4. The number of nitrogens with one attached hydrogen (secondary N) is 1. The molecule has 28 heavy (non-hydrogen) atoms. The number of aliphatic hydroxyl groups excluding tert-OH is 1. The number of Topliss-reactive ketones (excluding diaryl/α,β-unsaturated/α-hetero) is 1. The summed E-state index contributed by atoms with van der Waals surface area (Å²) in [6, 6.07) is 7.81. The molecule has 0 bridgehead atoms. The van der Waals surface area contributed by atoms with E-state index in [2.05, 4.69) is 29.6 Å². The molecule has 0 aromatic heterocycles. The van der Waals surface area contributed by atoms with Gasteiger partial charge in [0.2, 0.25) is 5.91 Å². The van der Waals surface area contributed by atoms with Crippen molar-refractivity contribution in [1.82, 2.24) is 10.2 Å². The Balaban J connectivity index is 1.37. The summed E-state index contributed by atoms with van der Waals surface area (Å²) >= 11 is 5.45. The third-order valence-corrected chi connectivity index (χ3v) is 6.99. The van der Waals surface area contributed by atoms with Crippen molar-refractivity contribution in [2.45, 2.75) is 50.6 Å². The molecule has 0 saturated carbocycles. The number of amides is 1. The van der Waals surface area contributed by atoms with Crippen molar-refractivity contribution < 1.29 is 14.7 Å². The molecule has 6 heteroatoms. The van der Waals surface area contributed by atoms with E-state index in [4.69, 9.17) is 12.2 Å². The van der Waals surface area contributed by atoms with Crippen LogP contribution in [0.1, 0.15) is 36.8 Å². The number of hydrogen-bond donors (Lipinski definition) is 2. The van der Waals surface area contributed by atoms with Gasteiger partial charge >= 0.3 is 0 Å². The maximum absolute atomic E-state index is 13.0. The van der Waals surface area contributed by atoms with Gasteiger partial charge in [-0.15, -0.1) is 0 Å². The van der Waals surface area contributed by atoms with Crippen molar-refractivity contribution in [1.29, 1.82) is 0 Å². The fourth-order valence-corrected chi connectivity index (χ4v) is 5.42. The van der Waals surface area contributed by atoms with Crippen LogP contribution in [0.4, 0.5) is 0 Å². The lowest BCUT2D eigenvalue weighted by atomic mass is 9.89. The highest BCUT2D eigenvalue weighted by molar-refractivity contribution is 7.80. The Morgan fingerprint density at radius 1 is 1.21 bits per heavy atom. The summed E-state index contributed by atoms with van der Waals surface area (Å²) < 4.78 is 0. The molecule has 2 fully saturated rings. The number of nitrogens with zero attached hydrogens (tertiary/aromatic N) is 1. The minimum absolute atomic E-state index is 0.0240. The van der Waals surface area contributed by atoms with Gasteiger partial charge in [0.15, 0.2) is 0 Å². The number of benzene rings is 1. The maximum atomic E-state index is 13.0. The van der Waals surface area contributed by atoms with E-state index < -0.39 is 12.0 Å². The average Bonchev–Trinajstić information content (AvgIpc) is 3.42. The molecule has 1 aliphatic carbocycles. The van der Waals surface area contributed by atoms with Gasteiger partial charge < -0.3 is 15.3 Å². The van der Waals surface area contributed by atoms with E-state index in [-0.39, 0.29) is 24.3 Å². The van der Waals surface area contributed by atoms with Gasteiger partial charge in [0.05, 0.1) is 18.6 Å². The summed E-state index contributed by atoms with van der Waals surface area (Å²) in [6.07, 6.45) is 5.10. The number of hydrogen-bond acceptors (Lipinski definition) is 5. The predicted molar refractivity (Wildman–Crippen MR) is 111 cm³/mol. The van der Waals surface area contributed by atoms with Crippen molar-refractivity contribution in [2.24, 2.45) is 11.8 Å². The van der Waals surface area contributed by atoms with Crippen LogP contribution in [0.2, 0.25) is 0 Å². The number of carbonyl (C=O) groups is 2. The molecule has 4 rings (SSSR count). The molecule has 2 heterocycles. The van der Waals surface area contributed by atoms with E-state index in [9.17, 15) is 14.7 Å². The Morgan fingerprint density at radius 2 is 1.93 bits per heavy atom. The molecule has 2 saturated heterocycles. The molecule has 0 radical (unpaired) electrons. The third-order valence-electron chi connectivity index (χ3n) is 6.59. The number of aliphatic hydroxyl groups is 1. The quantitative estimate of drug-likeness (QED) is 0.712. The topological polar surface area (TPSA) is 69.6 Å². The lowest BCUT2D eigenvalue weighted by molar-refractivity contribution is -0.137. The van der Waals surface area contributed by atoms with Crippen LogP contribution in [0.3, 0.4) is 0 Å². The second-order valence-electron chi connectivity index (χ2n) is 8.36. The summed E-state index contributed by atoms with van der Waals surface area (Å²) in [4.78, 5) is 28.4. The predicted octanol–water partition coefficient (Wildman–Crippen LogP) is 1.69. The summed E-state index contributed by atoms with van der Waals surface area (Å²) in [5.41, 5.74) is 2.80. The number of fused-ring (bicyclic) bond motifs is 1. The molecule has 150 valence electrons. The first-order valence-electron chi connectivity index (χ1n) is 10.4. The van der Waals surface area contributed by atoms with E-state index in [1.807, 2.05) is 0 Å². The van der Waals surface area contributed by atoms with Gasteiger partial charge in [-0.05, 0) is 49.1 Å². The van der Waals surface area contributed by atoms with E-state index in [0.717, 1.165) is 32.1 Å². The smallest absolute Gasteiger partial charge is 0.241 e. The van der Waals surface area contributed by atoms with Crippen molar-refractivity contribution in [3.63, 3.8) is 0 Å². The molecule has 3 aliphatic rings. The first kappa shape index (κ1) is 19.7. The van der Waals surface area contributed by atoms with E-state index >= 15 is 0 Å². The molecule has 1 amide bonds.